The number of primary amides is 1. The van der Waals surface area contributed by atoms with Crippen molar-refractivity contribution in [3.8, 4) is 16.8 Å². The van der Waals surface area contributed by atoms with Gasteiger partial charge in [-0.05, 0) is 93.0 Å². The number of nitrogens with two attached hydrogens (primary N) is 1. The summed E-state index contributed by atoms with van der Waals surface area (Å²) in [4.78, 5) is 49.1. The number of rotatable bonds is 9. The average Bonchev–Trinajstić information content (AvgIpc) is 3.28. The molecule has 6 rings (SSSR count). The van der Waals surface area contributed by atoms with Gasteiger partial charge in [-0.2, -0.15) is 0 Å². The maximum Gasteiger partial charge on any atom is 0.337 e. The van der Waals surface area contributed by atoms with Gasteiger partial charge in [0.15, 0.2) is 5.65 Å². The van der Waals surface area contributed by atoms with Crippen LogP contribution in [0.4, 0.5) is 4.39 Å². The Hall–Kier alpha value is -4.19. The van der Waals surface area contributed by atoms with E-state index in [2.05, 4.69) is 51.4 Å². The standard InChI is InChI=1S/C37H46FN7O3/c1-24(2)33(34(39)46)41-29-12-14-30(15-13-29)45-36(47)32-21-28(38)22-40-35(32)44(37(45)48)31-7-4-6-27(20-31)26-10-8-25(9-11-26)23-43-17-5-16-42(3)18-19-43/h4,6-11,20-22,24,29-30,33,41H,5,12-19,23H2,1-3H3,(H2,39,46)/t29?,30?,33-/m0/s1. The van der Waals surface area contributed by atoms with Gasteiger partial charge in [0.2, 0.25) is 5.91 Å². The van der Waals surface area contributed by atoms with Crippen LogP contribution in [0.15, 0.2) is 70.4 Å². The number of carbonyl (C=O) groups excluding carboxylic acids is 1. The number of nitrogens with zero attached hydrogens (tertiary/aromatic N) is 5. The van der Waals surface area contributed by atoms with E-state index in [-0.39, 0.29) is 29.0 Å². The van der Waals surface area contributed by atoms with E-state index >= 15 is 0 Å². The van der Waals surface area contributed by atoms with Crippen LogP contribution < -0.4 is 22.3 Å². The molecule has 2 aromatic heterocycles. The van der Waals surface area contributed by atoms with Gasteiger partial charge in [0.1, 0.15) is 5.82 Å². The average molecular weight is 656 g/mol. The summed E-state index contributed by atoms with van der Waals surface area (Å²) in [5.74, 6) is -0.996. The number of fused-ring (bicyclic) bond motifs is 1. The first-order valence-corrected chi connectivity index (χ1v) is 17.1. The predicted octanol–water partition coefficient (Wildman–Crippen LogP) is 4.07. The van der Waals surface area contributed by atoms with Crippen LogP contribution in [0, 0.1) is 11.7 Å². The first-order chi connectivity index (χ1) is 23.1. The summed E-state index contributed by atoms with van der Waals surface area (Å²) in [6, 6.07) is 16.5. The number of hydrogen-bond acceptors (Lipinski definition) is 7. The van der Waals surface area contributed by atoms with Crippen LogP contribution in [0.5, 0.6) is 0 Å². The molecular formula is C37H46FN7O3. The van der Waals surface area contributed by atoms with E-state index < -0.39 is 29.0 Å². The zero-order valence-electron chi connectivity index (χ0n) is 28.1. The van der Waals surface area contributed by atoms with Gasteiger partial charge in [0.05, 0.1) is 23.3 Å². The fourth-order valence-electron chi connectivity index (χ4n) is 7.24. The van der Waals surface area contributed by atoms with E-state index in [9.17, 15) is 18.8 Å². The molecule has 1 atom stereocenters. The predicted molar refractivity (Wildman–Crippen MR) is 187 cm³/mol. The minimum absolute atomic E-state index is 0.0350. The van der Waals surface area contributed by atoms with Gasteiger partial charge in [0, 0.05) is 31.7 Å². The number of aromatic nitrogens is 3. The summed E-state index contributed by atoms with van der Waals surface area (Å²) < 4.78 is 17.2. The topological polar surface area (TPSA) is 118 Å². The lowest BCUT2D eigenvalue weighted by Crippen LogP contribution is -2.51. The smallest absolute Gasteiger partial charge is 0.337 e. The van der Waals surface area contributed by atoms with Crippen molar-refractivity contribution in [2.45, 2.75) is 70.6 Å². The molecule has 2 aliphatic rings. The molecule has 0 radical (unpaired) electrons. The van der Waals surface area contributed by atoms with Crippen molar-refractivity contribution in [2.75, 3.05) is 33.2 Å². The van der Waals surface area contributed by atoms with Crippen molar-refractivity contribution in [1.29, 1.82) is 0 Å². The lowest BCUT2D eigenvalue weighted by molar-refractivity contribution is -0.121. The molecule has 3 N–H and O–H groups in total. The maximum absolute atomic E-state index is 14.5. The molecule has 1 saturated carbocycles. The number of benzene rings is 2. The Labute approximate surface area is 280 Å². The SMILES string of the molecule is CC(C)[C@H](NC1CCC(n2c(=O)c3cc(F)cnc3n(-c3cccc(-c4ccc(CN5CCCN(C)CC5)cc4)c3)c2=O)CC1)C(N)=O. The van der Waals surface area contributed by atoms with E-state index in [0.717, 1.165) is 56.1 Å². The number of hydrogen-bond donors (Lipinski definition) is 2. The van der Waals surface area contributed by atoms with Crippen molar-refractivity contribution in [2.24, 2.45) is 11.7 Å². The van der Waals surface area contributed by atoms with E-state index in [0.29, 0.717) is 31.4 Å². The Morgan fingerprint density at radius 2 is 1.73 bits per heavy atom. The minimum atomic E-state index is -0.642. The Morgan fingerprint density at radius 1 is 0.979 bits per heavy atom. The van der Waals surface area contributed by atoms with E-state index in [1.807, 2.05) is 38.1 Å². The molecule has 0 unspecified atom stereocenters. The zero-order valence-corrected chi connectivity index (χ0v) is 28.1. The molecule has 1 saturated heterocycles. The molecule has 2 fully saturated rings. The van der Waals surface area contributed by atoms with Crippen LogP contribution in [0.2, 0.25) is 0 Å². The highest BCUT2D eigenvalue weighted by Crippen LogP contribution is 2.29. The number of halogens is 1. The zero-order chi connectivity index (χ0) is 33.9. The quantitative estimate of drug-likeness (QED) is 0.279. The van der Waals surface area contributed by atoms with Crippen LogP contribution in [-0.4, -0.2) is 75.1 Å². The molecule has 10 nitrogen and oxygen atoms in total. The van der Waals surface area contributed by atoms with Crippen LogP contribution >= 0.6 is 0 Å². The highest BCUT2D eigenvalue weighted by atomic mass is 19.1. The fourth-order valence-corrected chi connectivity index (χ4v) is 7.24. The molecule has 1 aliphatic carbocycles. The lowest BCUT2D eigenvalue weighted by Gasteiger charge is -2.33. The molecule has 2 aromatic carbocycles. The maximum atomic E-state index is 14.5. The van der Waals surface area contributed by atoms with Crippen LogP contribution in [0.1, 0.15) is 57.6 Å². The third-order valence-electron chi connectivity index (χ3n) is 9.95. The number of amides is 1. The second kappa shape index (κ2) is 14.5. The summed E-state index contributed by atoms with van der Waals surface area (Å²) >= 11 is 0. The lowest BCUT2D eigenvalue weighted by atomic mass is 9.89. The molecule has 1 aliphatic heterocycles. The van der Waals surface area contributed by atoms with E-state index in [1.165, 1.54) is 21.1 Å². The van der Waals surface area contributed by atoms with Crippen LogP contribution in [0.3, 0.4) is 0 Å². The van der Waals surface area contributed by atoms with Crippen LogP contribution in [0.25, 0.3) is 27.8 Å². The van der Waals surface area contributed by atoms with Gasteiger partial charge >= 0.3 is 5.69 Å². The summed E-state index contributed by atoms with van der Waals surface area (Å²) in [5.41, 5.74) is 8.40. The second-order valence-corrected chi connectivity index (χ2v) is 13.8. The third-order valence-corrected chi connectivity index (χ3v) is 9.95. The Morgan fingerprint density at radius 3 is 2.44 bits per heavy atom. The highest BCUT2D eigenvalue weighted by Gasteiger charge is 2.30. The fraction of sp³-hybridized carbons (Fsp3) is 0.459. The van der Waals surface area contributed by atoms with Crippen molar-refractivity contribution in [3.05, 3.63) is 93.0 Å². The van der Waals surface area contributed by atoms with Crippen molar-refractivity contribution < 1.29 is 9.18 Å². The normalized spacial score (nSPS) is 20.2. The molecule has 0 spiro atoms. The number of nitrogens with one attached hydrogen (secondary N) is 1. The van der Waals surface area contributed by atoms with Gasteiger partial charge < -0.3 is 16.0 Å². The van der Waals surface area contributed by atoms with Crippen molar-refractivity contribution in [1.82, 2.24) is 29.2 Å². The first-order valence-electron chi connectivity index (χ1n) is 17.1. The Bertz CT molecular complexity index is 1880. The second-order valence-electron chi connectivity index (χ2n) is 13.8. The number of carbonyl (C=O) groups is 1. The van der Waals surface area contributed by atoms with Crippen molar-refractivity contribution in [3.63, 3.8) is 0 Å². The summed E-state index contributed by atoms with van der Waals surface area (Å²) in [6.45, 7) is 9.13. The highest BCUT2D eigenvalue weighted by molar-refractivity contribution is 5.80. The Balaban J connectivity index is 1.29. The largest absolute Gasteiger partial charge is 0.368 e. The van der Waals surface area contributed by atoms with Gasteiger partial charge in [-0.25, -0.2) is 18.7 Å². The third kappa shape index (κ3) is 7.28. The Kier molecular flexibility index (Phi) is 10.2. The number of pyridine rings is 1. The van der Waals surface area contributed by atoms with Gasteiger partial charge in [-0.3, -0.25) is 19.1 Å². The summed E-state index contributed by atoms with van der Waals surface area (Å²) in [5, 5.41) is 3.42. The van der Waals surface area contributed by atoms with Crippen LogP contribution in [-0.2, 0) is 11.3 Å². The molecule has 3 heterocycles. The molecule has 1 amide bonds. The van der Waals surface area contributed by atoms with E-state index in [1.54, 1.807) is 0 Å². The summed E-state index contributed by atoms with van der Waals surface area (Å²) in [7, 11) is 2.17. The molecule has 11 heteroatoms. The molecule has 254 valence electrons. The minimum Gasteiger partial charge on any atom is -0.368 e. The molecular weight excluding hydrogens is 609 g/mol. The van der Waals surface area contributed by atoms with Gasteiger partial charge in [0.25, 0.3) is 5.56 Å². The van der Waals surface area contributed by atoms with Gasteiger partial charge in [-0.15, -0.1) is 0 Å². The number of likely N-dealkylation sites (N-methyl/N-ethyl adjacent to an activating group) is 1. The monoisotopic (exact) mass is 655 g/mol. The first kappa shape index (κ1) is 33.7. The van der Waals surface area contributed by atoms with E-state index in [4.69, 9.17) is 5.73 Å². The summed E-state index contributed by atoms with van der Waals surface area (Å²) in [6.07, 6.45) is 4.61. The molecule has 4 aromatic rings. The van der Waals surface area contributed by atoms with Crippen molar-refractivity contribution >= 4 is 16.9 Å². The van der Waals surface area contributed by atoms with Gasteiger partial charge in [-0.1, -0.05) is 50.2 Å². The molecule has 0 bridgehead atoms. The molecule has 48 heavy (non-hydrogen) atoms.